The van der Waals surface area contributed by atoms with Crippen LogP contribution in [-0.2, 0) is 4.79 Å². The minimum atomic E-state index is -0.350. The number of carbonyl (C=O) groups is 1. The molecule has 0 heterocycles. The molecule has 0 saturated carbocycles. The number of aldehydes is 1. The minimum Gasteiger partial charge on any atom is -0.303 e. The number of nitrogens with zero attached hydrogens (tertiary/aromatic N) is 1. The van der Waals surface area contributed by atoms with E-state index in [1.165, 1.54) is 6.08 Å². The largest absolute Gasteiger partial charge is 0.303 e. The average molecular weight is 355 g/mol. The van der Waals surface area contributed by atoms with E-state index in [0.29, 0.717) is 12.8 Å². The summed E-state index contributed by atoms with van der Waals surface area (Å²) in [6.45, 7) is 2.07. The third-order valence-corrected chi connectivity index (χ3v) is 3.16. The summed E-state index contributed by atoms with van der Waals surface area (Å²) in [7, 11) is 0. The third-order valence-electron chi connectivity index (χ3n) is 3.16. The zero-order chi connectivity index (χ0) is 19.3. The molecule has 0 radical (unpaired) electrons. The van der Waals surface area contributed by atoms with E-state index in [0.717, 1.165) is 32.0 Å². The fourth-order valence-electron chi connectivity index (χ4n) is 1.82. The summed E-state index contributed by atoms with van der Waals surface area (Å²) in [4.78, 5) is 20.8. The number of rotatable bonds is 14. The van der Waals surface area contributed by atoms with E-state index < -0.39 is 0 Å². The molecule has 0 saturated heterocycles. The van der Waals surface area contributed by atoms with Crippen molar-refractivity contribution in [2.45, 2.75) is 45.4 Å². The van der Waals surface area contributed by atoms with Gasteiger partial charge in [0.15, 0.2) is 0 Å². The van der Waals surface area contributed by atoms with Gasteiger partial charge in [-0.1, -0.05) is 79.8 Å². The van der Waals surface area contributed by atoms with Crippen molar-refractivity contribution >= 4 is 6.29 Å². The normalized spacial score (nSPS) is 13.5. The van der Waals surface area contributed by atoms with Crippen LogP contribution in [0.4, 0.5) is 0 Å². The molecule has 0 spiro atoms. The van der Waals surface area contributed by atoms with Crippen molar-refractivity contribution in [3.63, 3.8) is 0 Å². The van der Waals surface area contributed by atoms with Gasteiger partial charge < -0.3 is 4.79 Å². The molecule has 0 fully saturated rings. The van der Waals surface area contributed by atoms with Crippen LogP contribution in [0, 0.1) is 10.1 Å². The van der Waals surface area contributed by atoms with Gasteiger partial charge >= 0.3 is 0 Å². The molecule has 0 rings (SSSR count). The van der Waals surface area contributed by atoms with Gasteiger partial charge in [-0.3, -0.25) is 10.1 Å². The molecule has 0 N–H and O–H groups in total. The Morgan fingerprint density at radius 1 is 0.808 bits per heavy atom. The average Bonchev–Trinajstić information content (AvgIpc) is 2.63. The molecule has 0 aliphatic carbocycles. The van der Waals surface area contributed by atoms with Gasteiger partial charge in [0, 0.05) is 12.5 Å². The highest BCUT2D eigenvalue weighted by Crippen LogP contribution is 2.05. The molecule has 0 aromatic heterocycles. The van der Waals surface area contributed by atoms with Crippen molar-refractivity contribution in [3.05, 3.63) is 94.8 Å². The molecule has 0 aromatic carbocycles. The maximum absolute atomic E-state index is 11.0. The number of unbranched alkanes of at least 4 members (excludes halogenated alkanes) is 1. The first-order chi connectivity index (χ1) is 12.7. The Morgan fingerprint density at radius 2 is 1.46 bits per heavy atom. The van der Waals surface area contributed by atoms with E-state index in [-0.39, 0.29) is 10.6 Å². The van der Waals surface area contributed by atoms with E-state index >= 15 is 0 Å². The minimum absolute atomic E-state index is 0.168. The summed E-state index contributed by atoms with van der Waals surface area (Å²) in [5.74, 6) is 0. The van der Waals surface area contributed by atoms with Crippen LogP contribution in [0.5, 0.6) is 0 Å². The number of hydrogen-bond acceptors (Lipinski definition) is 3. The monoisotopic (exact) mass is 355 g/mol. The molecule has 0 aromatic rings. The van der Waals surface area contributed by atoms with Crippen LogP contribution < -0.4 is 0 Å². The fraction of sp³-hybridized carbons (Fsp3) is 0.318. The van der Waals surface area contributed by atoms with Crippen molar-refractivity contribution in [1.82, 2.24) is 0 Å². The standard InChI is InChI=1S/C22H29NO3/c1-2-3-4-5-13-16-19-22(23(25)26)20-17-14-11-9-7-6-8-10-12-15-18-21-24/h3-4,6-7,9-14,16-17,20-21H,2,5,8,15,18-19H2,1H3/b4-3+,7-6+,11-9+,12-10+,16-13+,17-14+,22-20-. The lowest BCUT2D eigenvalue weighted by Crippen LogP contribution is -1.96. The van der Waals surface area contributed by atoms with Gasteiger partial charge in [0.25, 0.3) is 0 Å². The van der Waals surface area contributed by atoms with Crippen LogP contribution in [0.3, 0.4) is 0 Å². The second-order valence-electron chi connectivity index (χ2n) is 5.36. The molecule has 0 atom stereocenters. The van der Waals surface area contributed by atoms with Crippen LogP contribution in [-0.4, -0.2) is 11.2 Å². The summed E-state index contributed by atoms with van der Waals surface area (Å²) in [5, 5.41) is 11.0. The zero-order valence-electron chi connectivity index (χ0n) is 15.5. The molecule has 0 bridgehead atoms. The lowest BCUT2D eigenvalue weighted by molar-refractivity contribution is -0.426. The van der Waals surface area contributed by atoms with Gasteiger partial charge in [-0.2, -0.15) is 0 Å². The molecule has 0 aliphatic rings. The second kappa shape index (κ2) is 18.6. The first kappa shape index (κ1) is 23.2. The summed E-state index contributed by atoms with van der Waals surface area (Å²) in [6.07, 6.45) is 29.6. The first-order valence-corrected chi connectivity index (χ1v) is 8.94. The van der Waals surface area contributed by atoms with Gasteiger partial charge in [-0.25, -0.2) is 0 Å². The summed E-state index contributed by atoms with van der Waals surface area (Å²) in [5.41, 5.74) is 0.168. The molecule has 4 heteroatoms. The lowest BCUT2D eigenvalue weighted by Gasteiger charge is -1.91. The van der Waals surface area contributed by atoms with Gasteiger partial charge in [0.05, 0.1) is 11.3 Å². The highest BCUT2D eigenvalue weighted by molar-refractivity contribution is 5.49. The Bertz CT molecular complexity index is 591. The maximum atomic E-state index is 11.0. The Hall–Kier alpha value is -2.75. The molecule has 26 heavy (non-hydrogen) atoms. The molecular formula is C22H29NO3. The van der Waals surface area contributed by atoms with Gasteiger partial charge in [-0.15, -0.1) is 0 Å². The Balaban J connectivity index is 4.23. The van der Waals surface area contributed by atoms with Gasteiger partial charge in [0.1, 0.15) is 6.29 Å². The van der Waals surface area contributed by atoms with Crippen LogP contribution in [0.15, 0.2) is 84.7 Å². The molecular weight excluding hydrogens is 326 g/mol. The molecule has 0 aliphatic heterocycles. The fourth-order valence-corrected chi connectivity index (χ4v) is 1.82. The highest BCUT2D eigenvalue weighted by Gasteiger charge is 2.05. The van der Waals surface area contributed by atoms with Crippen molar-refractivity contribution in [3.8, 4) is 0 Å². The molecule has 4 nitrogen and oxygen atoms in total. The SMILES string of the molecule is CC/C=C/C/C=C/C/C(=C/C=C/C=C/C=C/C/C=C/CCC=O)[N+](=O)[O-]. The summed E-state index contributed by atoms with van der Waals surface area (Å²) < 4.78 is 0. The molecule has 0 amide bonds. The van der Waals surface area contributed by atoms with Crippen molar-refractivity contribution < 1.29 is 9.72 Å². The van der Waals surface area contributed by atoms with Crippen molar-refractivity contribution in [2.24, 2.45) is 0 Å². The maximum Gasteiger partial charge on any atom is 0.249 e. The van der Waals surface area contributed by atoms with Gasteiger partial charge in [0.2, 0.25) is 5.70 Å². The quantitative estimate of drug-likeness (QED) is 0.0952. The van der Waals surface area contributed by atoms with Crippen LogP contribution in [0.1, 0.15) is 45.4 Å². The molecule has 140 valence electrons. The van der Waals surface area contributed by atoms with E-state index in [9.17, 15) is 14.9 Å². The Kier molecular flexibility index (Phi) is 16.6. The predicted molar refractivity (Wildman–Crippen MR) is 109 cm³/mol. The zero-order valence-corrected chi connectivity index (χ0v) is 15.5. The predicted octanol–water partition coefficient (Wildman–Crippen LogP) is 6.04. The Morgan fingerprint density at radius 3 is 2.19 bits per heavy atom. The van der Waals surface area contributed by atoms with Crippen LogP contribution in [0.25, 0.3) is 0 Å². The first-order valence-electron chi connectivity index (χ1n) is 8.94. The number of carbonyl (C=O) groups excluding carboxylic acids is 1. The lowest BCUT2D eigenvalue weighted by atomic mass is 10.2. The molecule has 0 unspecified atom stereocenters. The number of nitro groups is 1. The van der Waals surface area contributed by atoms with E-state index in [2.05, 4.69) is 13.0 Å². The second-order valence-corrected chi connectivity index (χ2v) is 5.36. The van der Waals surface area contributed by atoms with Crippen molar-refractivity contribution in [2.75, 3.05) is 0 Å². The topological polar surface area (TPSA) is 60.2 Å². The Labute approximate surface area is 156 Å². The van der Waals surface area contributed by atoms with E-state index in [1.807, 2.05) is 54.7 Å². The number of allylic oxidation sites excluding steroid dienone is 13. The van der Waals surface area contributed by atoms with E-state index in [4.69, 9.17) is 0 Å². The van der Waals surface area contributed by atoms with Crippen LogP contribution >= 0.6 is 0 Å². The van der Waals surface area contributed by atoms with Crippen LogP contribution in [0.2, 0.25) is 0 Å². The third kappa shape index (κ3) is 16.1. The summed E-state index contributed by atoms with van der Waals surface area (Å²) in [6, 6.07) is 0. The van der Waals surface area contributed by atoms with Gasteiger partial charge in [-0.05, 0) is 25.7 Å². The highest BCUT2D eigenvalue weighted by atomic mass is 16.6. The van der Waals surface area contributed by atoms with E-state index in [1.54, 1.807) is 12.2 Å². The smallest absolute Gasteiger partial charge is 0.249 e. The van der Waals surface area contributed by atoms with Crippen molar-refractivity contribution in [1.29, 1.82) is 0 Å². The number of hydrogen-bond donors (Lipinski definition) is 0. The summed E-state index contributed by atoms with van der Waals surface area (Å²) >= 11 is 0.